The zero-order valence-electron chi connectivity index (χ0n) is 13.2. The molecule has 1 aliphatic rings. The molecule has 2 aromatic rings. The van der Waals surface area contributed by atoms with E-state index >= 15 is 0 Å². The highest BCUT2D eigenvalue weighted by Crippen LogP contribution is 2.27. The van der Waals surface area contributed by atoms with Crippen molar-refractivity contribution in [3.8, 4) is 5.75 Å². The highest BCUT2D eigenvalue weighted by molar-refractivity contribution is 9.10. The summed E-state index contributed by atoms with van der Waals surface area (Å²) >= 11 is 3.31. The Morgan fingerprint density at radius 2 is 1.73 bits per heavy atom. The molecule has 132 valence electrons. The monoisotopic (exact) mass is 418 g/mol. The topological polar surface area (TPSA) is 84.5 Å². The summed E-state index contributed by atoms with van der Waals surface area (Å²) in [5.41, 5.74) is 0.552. The number of ether oxygens (including phenoxy) is 1. The molecule has 0 saturated carbocycles. The third kappa shape index (κ3) is 3.97. The predicted octanol–water partition coefficient (Wildman–Crippen LogP) is 2.92. The molecule has 0 atom stereocenters. The molecule has 2 aromatic carbocycles. The standard InChI is InChI=1S/C18H12BrFN2O4/c19-12-5-6-15(26-9-10-3-1-2-4-14(10)20)11(7-12)8-13-16(23)21-18(25)22-17(13)24/h1-8H,9H2,(H2,21,22,23,24,25). The summed E-state index contributed by atoms with van der Waals surface area (Å²) in [5.74, 6) is -1.66. The molecule has 0 aliphatic carbocycles. The Balaban J connectivity index is 1.90. The van der Waals surface area contributed by atoms with Crippen molar-refractivity contribution in [2.45, 2.75) is 6.61 Å². The summed E-state index contributed by atoms with van der Waals surface area (Å²) < 4.78 is 20.1. The van der Waals surface area contributed by atoms with Gasteiger partial charge in [-0.2, -0.15) is 0 Å². The lowest BCUT2D eigenvalue weighted by Gasteiger charge is -2.15. The molecule has 6 nitrogen and oxygen atoms in total. The van der Waals surface area contributed by atoms with Gasteiger partial charge in [-0.15, -0.1) is 0 Å². The van der Waals surface area contributed by atoms with Gasteiger partial charge in [-0.25, -0.2) is 9.18 Å². The average molecular weight is 419 g/mol. The van der Waals surface area contributed by atoms with Gasteiger partial charge in [-0.1, -0.05) is 34.1 Å². The number of hydrogen-bond acceptors (Lipinski definition) is 4. The van der Waals surface area contributed by atoms with Gasteiger partial charge in [0.1, 0.15) is 23.7 Å². The first-order valence-electron chi connectivity index (χ1n) is 7.48. The first kappa shape index (κ1) is 17.8. The smallest absolute Gasteiger partial charge is 0.328 e. The van der Waals surface area contributed by atoms with E-state index in [1.165, 1.54) is 12.1 Å². The Morgan fingerprint density at radius 3 is 2.42 bits per heavy atom. The van der Waals surface area contributed by atoms with Crippen molar-refractivity contribution in [2.24, 2.45) is 0 Å². The Morgan fingerprint density at radius 1 is 1.04 bits per heavy atom. The molecule has 1 fully saturated rings. The van der Waals surface area contributed by atoms with Crippen molar-refractivity contribution in [3.05, 3.63) is 69.5 Å². The molecule has 2 N–H and O–H groups in total. The third-order valence-electron chi connectivity index (χ3n) is 3.56. The number of carbonyl (C=O) groups is 3. The predicted molar refractivity (Wildman–Crippen MR) is 94.5 cm³/mol. The number of barbiturate groups is 1. The normalized spacial score (nSPS) is 13.9. The van der Waals surface area contributed by atoms with Crippen LogP contribution in [0.4, 0.5) is 9.18 Å². The zero-order chi connectivity index (χ0) is 18.7. The Kier molecular flexibility index (Phi) is 5.13. The van der Waals surface area contributed by atoms with Crippen LogP contribution in [0.3, 0.4) is 0 Å². The van der Waals surface area contributed by atoms with Gasteiger partial charge in [-0.3, -0.25) is 20.2 Å². The van der Waals surface area contributed by atoms with E-state index in [-0.39, 0.29) is 12.2 Å². The van der Waals surface area contributed by atoms with Crippen LogP contribution in [0.1, 0.15) is 11.1 Å². The first-order chi connectivity index (χ1) is 12.4. The molecule has 3 rings (SSSR count). The van der Waals surface area contributed by atoms with E-state index in [1.807, 2.05) is 10.6 Å². The summed E-state index contributed by atoms with van der Waals surface area (Å²) in [4.78, 5) is 34.9. The minimum absolute atomic E-state index is 0.0264. The number of hydrogen-bond donors (Lipinski definition) is 2. The molecule has 4 amide bonds. The summed E-state index contributed by atoms with van der Waals surface area (Å²) in [5, 5.41) is 4.00. The third-order valence-corrected chi connectivity index (χ3v) is 4.05. The molecular formula is C18H12BrFN2O4. The molecular weight excluding hydrogens is 407 g/mol. The lowest BCUT2D eigenvalue weighted by molar-refractivity contribution is -0.123. The van der Waals surface area contributed by atoms with E-state index in [9.17, 15) is 18.8 Å². The quantitative estimate of drug-likeness (QED) is 0.590. The van der Waals surface area contributed by atoms with Crippen LogP contribution in [0.15, 0.2) is 52.5 Å². The van der Waals surface area contributed by atoms with E-state index in [0.29, 0.717) is 21.3 Å². The fraction of sp³-hybridized carbons (Fsp3) is 0.0556. The Hall–Kier alpha value is -3.00. The van der Waals surface area contributed by atoms with Crippen molar-refractivity contribution >= 4 is 39.9 Å². The van der Waals surface area contributed by atoms with Crippen LogP contribution in [0.25, 0.3) is 6.08 Å². The average Bonchev–Trinajstić information content (AvgIpc) is 2.58. The largest absolute Gasteiger partial charge is 0.488 e. The van der Waals surface area contributed by atoms with Crippen LogP contribution in [-0.2, 0) is 16.2 Å². The molecule has 0 spiro atoms. The van der Waals surface area contributed by atoms with E-state index in [1.54, 1.807) is 36.4 Å². The molecule has 0 aromatic heterocycles. The van der Waals surface area contributed by atoms with Gasteiger partial charge in [0, 0.05) is 15.6 Å². The SMILES string of the molecule is O=C1NC(=O)C(=Cc2cc(Br)ccc2OCc2ccccc2F)C(=O)N1. The highest BCUT2D eigenvalue weighted by atomic mass is 79.9. The summed E-state index contributed by atoms with van der Waals surface area (Å²) in [6.45, 7) is -0.0264. The van der Waals surface area contributed by atoms with Crippen LogP contribution in [0.5, 0.6) is 5.75 Å². The molecule has 1 heterocycles. The molecule has 0 unspecified atom stereocenters. The van der Waals surface area contributed by atoms with E-state index in [4.69, 9.17) is 4.74 Å². The van der Waals surface area contributed by atoms with Crippen LogP contribution >= 0.6 is 15.9 Å². The van der Waals surface area contributed by atoms with Crippen molar-refractivity contribution in [2.75, 3.05) is 0 Å². The minimum Gasteiger partial charge on any atom is -0.488 e. The van der Waals surface area contributed by atoms with E-state index in [0.717, 1.165) is 0 Å². The number of imide groups is 2. The fourth-order valence-corrected chi connectivity index (χ4v) is 2.68. The van der Waals surface area contributed by atoms with Gasteiger partial charge in [0.05, 0.1) is 0 Å². The van der Waals surface area contributed by atoms with Gasteiger partial charge in [0.2, 0.25) is 0 Å². The minimum atomic E-state index is -0.873. The van der Waals surface area contributed by atoms with Crippen molar-refractivity contribution in [1.29, 1.82) is 0 Å². The number of carbonyl (C=O) groups excluding carboxylic acids is 3. The second-order valence-corrected chi connectivity index (χ2v) is 6.27. The van der Waals surface area contributed by atoms with Crippen molar-refractivity contribution < 1.29 is 23.5 Å². The lowest BCUT2D eigenvalue weighted by Crippen LogP contribution is -2.51. The molecule has 8 heteroatoms. The summed E-state index contributed by atoms with van der Waals surface area (Å²) in [7, 11) is 0. The Bertz CT molecular complexity index is 921. The second-order valence-electron chi connectivity index (χ2n) is 5.36. The van der Waals surface area contributed by atoms with Gasteiger partial charge in [0.25, 0.3) is 11.8 Å². The van der Waals surface area contributed by atoms with Crippen molar-refractivity contribution in [3.63, 3.8) is 0 Å². The van der Waals surface area contributed by atoms with Crippen LogP contribution in [0, 0.1) is 5.82 Å². The Labute approximate surface area is 156 Å². The second kappa shape index (κ2) is 7.49. The number of nitrogens with one attached hydrogen (secondary N) is 2. The van der Waals surface area contributed by atoms with Gasteiger partial charge in [-0.05, 0) is 30.3 Å². The van der Waals surface area contributed by atoms with Gasteiger partial charge < -0.3 is 4.74 Å². The van der Waals surface area contributed by atoms with Gasteiger partial charge in [0.15, 0.2) is 0 Å². The lowest BCUT2D eigenvalue weighted by atomic mass is 10.1. The van der Waals surface area contributed by atoms with E-state index < -0.39 is 23.7 Å². The molecule has 0 radical (unpaired) electrons. The fourth-order valence-electron chi connectivity index (χ4n) is 2.30. The van der Waals surface area contributed by atoms with Crippen molar-refractivity contribution in [1.82, 2.24) is 10.6 Å². The molecule has 1 saturated heterocycles. The summed E-state index contributed by atoms with van der Waals surface area (Å²) in [6, 6.07) is 10.3. The molecule has 1 aliphatic heterocycles. The number of amides is 4. The number of benzene rings is 2. The van der Waals surface area contributed by atoms with Crippen LogP contribution < -0.4 is 15.4 Å². The maximum absolute atomic E-state index is 13.7. The first-order valence-corrected chi connectivity index (χ1v) is 8.27. The highest BCUT2D eigenvalue weighted by Gasteiger charge is 2.28. The van der Waals surface area contributed by atoms with Gasteiger partial charge >= 0.3 is 6.03 Å². The number of urea groups is 1. The van der Waals surface area contributed by atoms with E-state index in [2.05, 4.69) is 15.9 Å². The zero-order valence-corrected chi connectivity index (χ0v) is 14.8. The van der Waals surface area contributed by atoms with Crippen LogP contribution in [0.2, 0.25) is 0 Å². The summed E-state index contributed by atoms with van der Waals surface area (Å²) in [6.07, 6.45) is 1.30. The number of rotatable bonds is 4. The molecule has 0 bridgehead atoms. The molecule has 26 heavy (non-hydrogen) atoms. The number of halogens is 2. The maximum Gasteiger partial charge on any atom is 0.328 e. The van der Waals surface area contributed by atoms with Crippen LogP contribution in [-0.4, -0.2) is 17.8 Å². The maximum atomic E-state index is 13.7.